The molecule has 0 N–H and O–H groups in total. The Hall–Kier alpha value is -1.25. The lowest BCUT2D eigenvalue weighted by atomic mass is 10.4. The monoisotopic (exact) mass is 289 g/mol. The van der Waals surface area contributed by atoms with E-state index in [9.17, 15) is 26.4 Å². The van der Waals surface area contributed by atoms with Crippen molar-refractivity contribution in [3.63, 3.8) is 0 Å². The lowest BCUT2D eigenvalue weighted by Gasteiger charge is -2.16. The highest BCUT2D eigenvalue weighted by Crippen LogP contribution is 2.26. The summed E-state index contributed by atoms with van der Waals surface area (Å²) in [5, 5.41) is 0. The molecule has 0 saturated heterocycles. The van der Waals surface area contributed by atoms with Gasteiger partial charge in [-0.2, -0.15) is 21.6 Å². The molecule has 0 rings (SSSR count). The quantitative estimate of drug-likeness (QED) is 0.334. The van der Waals surface area contributed by atoms with Crippen LogP contribution in [0.1, 0.15) is 20.8 Å². The van der Waals surface area contributed by atoms with Gasteiger partial charge < -0.3 is 9.08 Å². The lowest BCUT2D eigenvalue weighted by molar-refractivity contribution is -0.125. The molecular weight excluding hydrogens is 275 g/mol. The van der Waals surface area contributed by atoms with Crippen molar-refractivity contribution in [1.82, 2.24) is 4.90 Å². The Bertz CT molecular complexity index is 424. The number of hydrogen-bond donors (Lipinski definition) is 0. The molecule has 0 aromatic rings. The molecule has 0 atom stereocenters. The molecule has 0 aliphatic carbocycles. The summed E-state index contributed by atoms with van der Waals surface area (Å²) < 4.78 is 61.0. The van der Waals surface area contributed by atoms with Gasteiger partial charge in [-0.05, 0) is 20.8 Å². The zero-order chi connectivity index (χ0) is 14.6. The number of carbonyl (C=O) groups excluding carboxylic acids is 1. The number of amides is 1. The van der Waals surface area contributed by atoms with E-state index in [0.717, 1.165) is 6.92 Å². The van der Waals surface area contributed by atoms with E-state index in [0.29, 0.717) is 19.2 Å². The molecule has 0 aromatic carbocycles. The van der Waals surface area contributed by atoms with Crippen molar-refractivity contribution < 1.29 is 30.6 Å². The van der Waals surface area contributed by atoms with Crippen molar-refractivity contribution in [3.05, 3.63) is 11.8 Å². The predicted molar refractivity (Wildman–Crippen MR) is 57.7 cm³/mol. The predicted octanol–water partition coefficient (Wildman–Crippen LogP) is 1.62. The summed E-state index contributed by atoms with van der Waals surface area (Å²) in [7, 11) is -5.72. The van der Waals surface area contributed by atoms with E-state index in [1.165, 1.54) is 4.90 Å². The number of likely N-dealkylation sites (N-methyl/N-ethyl adjacent to an activating group) is 1. The fraction of sp³-hybridized carbons (Fsp3) is 0.667. The summed E-state index contributed by atoms with van der Waals surface area (Å²) in [5.74, 6) is -1.25. The van der Waals surface area contributed by atoms with Crippen molar-refractivity contribution in [2.75, 3.05) is 13.1 Å². The van der Waals surface area contributed by atoms with Crippen molar-refractivity contribution in [1.29, 1.82) is 0 Å². The third-order valence-corrected chi connectivity index (χ3v) is 2.98. The van der Waals surface area contributed by atoms with Crippen LogP contribution >= 0.6 is 0 Å². The summed E-state index contributed by atoms with van der Waals surface area (Å²) >= 11 is 0. The van der Waals surface area contributed by atoms with Gasteiger partial charge in [0, 0.05) is 19.2 Å². The molecule has 0 aliphatic rings. The standard InChI is InChI=1S/C9H14F3NO4S/c1-4-13(5-2)8(14)6-7(3)17-18(15,16)9(10,11)12/h6H,4-5H2,1-3H3/b7-6+. The molecule has 0 bridgehead atoms. The molecule has 1 amide bonds. The second-order valence-electron chi connectivity index (χ2n) is 3.25. The second-order valence-corrected chi connectivity index (χ2v) is 4.79. The zero-order valence-corrected chi connectivity index (χ0v) is 10.9. The maximum Gasteiger partial charge on any atom is 0.534 e. The van der Waals surface area contributed by atoms with Crippen molar-refractivity contribution in [3.8, 4) is 0 Å². The molecule has 5 nitrogen and oxygen atoms in total. The number of rotatable bonds is 5. The van der Waals surface area contributed by atoms with Gasteiger partial charge >= 0.3 is 15.6 Å². The Balaban J connectivity index is 4.89. The van der Waals surface area contributed by atoms with Crippen LogP contribution in [0.3, 0.4) is 0 Å². The Morgan fingerprint density at radius 2 is 1.72 bits per heavy atom. The molecule has 106 valence electrons. The average molecular weight is 289 g/mol. The molecule has 18 heavy (non-hydrogen) atoms. The van der Waals surface area contributed by atoms with Crippen molar-refractivity contribution >= 4 is 16.0 Å². The maximum absolute atomic E-state index is 12.0. The molecule has 0 radical (unpaired) electrons. The van der Waals surface area contributed by atoms with Gasteiger partial charge in [-0.3, -0.25) is 4.79 Å². The molecule has 0 spiro atoms. The molecule has 0 aliphatic heterocycles. The van der Waals surface area contributed by atoms with Crippen LogP contribution in [0.15, 0.2) is 11.8 Å². The van der Waals surface area contributed by atoms with Crippen LogP contribution < -0.4 is 0 Å². The molecule has 0 saturated carbocycles. The van der Waals surface area contributed by atoms with Crippen LogP contribution in [0.4, 0.5) is 13.2 Å². The molecule has 0 fully saturated rings. The number of allylic oxidation sites excluding steroid dienone is 1. The number of nitrogens with zero attached hydrogens (tertiary/aromatic N) is 1. The second kappa shape index (κ2) is 6.07. The first kappa shape index (κ1) is 16.8. The van der Waals surface area contributed by atoms with E-state index < -0.39 is 27.3 Å². The first-order chi connectivity index (χ1) is 8.05. The maximum atomic E-state index is 12.0. The fourth-order valence-electron chi connectivity index (χ4n) is 1.04. The van der Waals surface area contributed by atoms with E-state index in [2.05, 4.69) is 4.18 Å². The largest absolute Gasteiger partial charge is 0.534 e. The Morgan fingerprint density at radius 3 is 2.06 bits per heavy atom. The van der Waals surface area contributed by atoms with Gasteiger partial charge in [0.05, 0.1) is 0 Å². The highest BCUT2D eigenvalue weighted by molar-refractivity contribution is 7.87. The van der Waals surface area contributed by atoms with Crippen LogP contribution in [0.5, 0.6) is 0 Å². The first-order valence-electron chi connectivity index (χ1n) is 5.03. The van der Waals surface area contributed by atoms with Gasteiger partial charge in [-0.15, -0.1) is 0 Å². The average Bonchev–Trinajstić information content (AvgIpc) is 2.16. The van der Waals surface area contributed by atoms with Crippen LogP contribution in [-0.4, -0.2) is 37.8 Å². The van der Waals surface area contributed by atoms with E-state index in [1.807, 2.05) is 0 Å². The highest BCUT2D eigenvalue weighted by Gasteiger charge is 2.48. The summed E-state index contributed by atoms with van der Waals surface area (Å²) in [5.41, 5.74) is -5.51. The molecule has 9 heteroatoms. The van der Waals surface area contributed by atoms with Crippen LogP contribution in [0, 0.1) is 0 Å². The smallest absolute Gasteiger partial charge is 0.381 e. The third kappa shape index (κ3) is 4.55. The van der Waals surface area contributed by atoms with E-state index in [4.69, 9.17) is 0 Å². The molecule has 0 unspecified atom stereocenters. The van der Waals surface area contributed by atoms with Crippen LogP contribution in [0.2, 0.25) is 0 Å². The summed E-state index contributed by atoms with van der Waals surface area (Å²) in [6, 6.07) is 0. The Labute approximate surface area is 103 Å². The van der Waals surface area contributed by atoms with Crippen LogP contribution in [-0.2, 0) is 19.1 Å². The van der Waals surface area contributed by atoms with Gasteiger partial charge in [-0.1, -0.05) is 0 Å². The first-order valence-corrected chi connectivity index (χ1v) is 6.44. The third-order valence-electron chi connectivity index (χ3n) is 1.93. The number of hydrogen-bond acceptors (Lipinski definition) is 4. The number of alkyl halides is 3. The minimum atomic E-state index is -5.72. The minimum Gasteiger partial charge on any atom is -0.381 e. The molecule has 0 aromatic heterocycles. The summed E-state index contributed by atoms with van der Waals surface area (Å²) in [6.45, 7) is 5.02. The van der Waals surface area contributed by atoms with Crippen LogP contribution in [0.25, 0.3) is 0 Å². The van der Waals surface area contributed by atoms with E-state index >= 15 is 0 Å². The van der Waals surface area contributed by atoms with E-state index in [-0.39, 0.29) is 0 Å². The molecule has 0 heterocycles. The normalized spacial score (nSPS) is 13.3. The highest BCUT2D eigenvalue weighted by atomic mass is 32.2. The minimum absolute atomic E-state index is 0.352. The summed E-state index contributed by atoms with van der Waals surface area (Å²) in [4.78, 5) is 12.7. The van der Waals surface area contributed by atoms with Crippen molar-refractivity contribution in [2.45, 2.75) is 26.3 Å². The Morgan fingerprint density at radius 1 is 1.28 bits per heavy atom. The number of carbonyl (C=O) groups is 1. The van der Waals surface area contributed by atoms with Gasteiger partial charge in [0.25, 0.3) is 0 Å². The molecular formula is C9H14F3NO4S. The van der Waals surface area contributed by atoms with Gasteiger partial charge in [-0.25, -0.2) is 0 Å². The fourth-order valence-corrected chi connectivity index (χ4v) is 1.53. The van der Waals surface area contributed by atoms with Gasteiger partial charge in [0.2, 0.25) is 5.91 Å². The number of halogens is 3. The lowest BCUT2D eigenvalue weighted by Crippen LogP contribution is -2.29. The van der Waals surface area contributed by atoms with Gasteiger partial charge in [0.15, 0.2) is 0 Å². The van der Waals surface area contributed by atoms with E-state index in [1.54, 1.807) is 13.8 Å². The van der Waals surface area contributed by atoms with Crippen molar-refractivity contribution in [2.24, 2.45) is 0 Å². The topological polar surface area (TPSA) is 63.7 Å². The Kier molecular flexibility index (Phi) is 5.65. The SMILES string of the molecule is CCN(CC)C(=O)/C=C(\C)OS(=O)(=O)C(F)(F)F. The zero-order valence-electron chi connectivity index (χ0n) is 10.1. The van der Waals surface area contributed by atoms with Gasteiger partial charge in [0.1, 0.15) is 5.76 Å². The summed E-state index contributed by atoms with van der Waals surface area (Å²) in [6.07, 6.45) is 0.705.